The second-order valence-electron chi connectivity index (χ2n) is 4.43. The van der Waals surface area contributed by atoms with E-state index in [1.807, 2.05) is 0 Å². The third-order valence-electron chi connectivity index (χ3n) is 3.26. The van der Waals surface area contributed by atoms with Crippen LogP contribution in [0.2, 0.25) is 0 Å². The summed E-state index contributed by atoms with van der Waals surface area (Å²) in [6.45, 7) is 7.12. The molecule has 2 fully saturated rings. The lowest BCUT2D eigenvalue weighted by molar-refractivity contribution is -0.124. The number of hydrogen-bond donors (Lipinski definition) is 2. The molecule has 1 atom stereocenters. The fourth-order valence-corrected chi connectivity index (χ4v) is 2.18. The number of morpholine rings is 1. The van der Waals surface area contributed by atoms with E-state index in [-0.39, 0.29) is 24.2 Å². The first-order chi connectivity index (χ1) is 7.86. The van der Waals surface area contributed by atoms with E-state index in [2.05, 4.69) is 15.5 Å². The zero-order valence-corrected chi connectivity index (χ0v) is 10.9. The van der Waals surface area contributed by atoms with Crippen molar-refractivity contribution in [3.05, 3.63) is 0 Å². The molecular weight excluding hydrogens is 242 g/mol. The second-order valence-corrected chi connectivity index (χ2v) is 4.43. The van der Waals surface area contributed by atoms with Crippen molar-refractivity contribution in [2.24, 2.45) is 5.92 Å². The lowest BCUT2D eigenvalue weighted by atomic mass is 10.1. The molecule has 1 amide bonds. The molecule has 0 aromatic heterocycles. The molecule has 17 heavy (non-hydrogen) atoms. The molecule has 6 heteroatoms. The highest BCUT2D eigenvalue weighted by Gasteiger charge is 2.21. The number of rotatable bonds is 4. The molecular formula is C11H22ClN3O2. The molecule has 0 spiro atoms. The number of hydrogen-bond acceptors (Lipinski definition) is 4. The minimum absolute atomic E-state index is 0. The van der Waals surface area contributed by atoms with Crippen LogP contribution in [-0.4, -0.2) is 63.3 Å². The van der Waals surface area contributed by atoms with E-state index in [0.29, 0.717) is 0 Å². The number of ether oxygens (including phenoxy) is 1. The average molecular weight is 264 g/mol. The van der Waals surface area contributed by atoms with Crippen molar-refractivity contribution >= 4 is 18.3 Å². The van der Waals surface area contributed by atoms with Gasteiger partial charge in [-0.1, -0.05) is 0 Å². The highest BCUT2D eigenvalue weighted by molar-refractivity contribution is 5.85. The largest absolute Gasteiger partial charge is 0.379 e. The van der Waals surface area contributed by atoms with Gasteiger partial charge in [-0.3, -0.25) is 9.69 Å². The summed E-state index contributed by atoms with van der Waals surface area (Å²) in [5.74, 6) is 0.392. The lowest BCUT2D eigenvalue weighted by Gasteiger charge is -2.26. The van der Waals surface area contributed by atoms with Crippen molar-refractivity contribution < 1.29 is 9.53 Å². The molecule has 2 rings (SSSR count). The van der Waals surface area contributed by atoms with Crippen LogP contribution in [0.5, 0.6) is 0 Å². The molecule has 0 aromatic rings. The summed E-state index contributed by atoms with van der Waals surface area (Å²) in [6, 6.07) is 0. The smallest absolute Gasteiger partial charge is 0.224 e. The van der Waals surface area contributed by atoms with Crippen LogP contribution in [0.15, 0.2) is 0 Å². The number of halogens is 1. The van der Waals surface area contributed by atoms with Gasteiger partial charge in [0.1, 0.15) is 0 Å². The van der Waals surface area contributed by atoms with E-state index < -0.39 is 0 Å². The summed E-state index contributed by atoms with van der Waals surface area (Å²) < 4.78 is 5.27. The summed E-state index contributed by atoms with van der Waals surface area (Å²) >= 11 is 0. The van der Waals surface area contributed by atoms with Gasteiger partial charge in [0.25, 0.3) is 0 Å². The van der Waals surface area contributed by atoms with Gasteiger partial charge in [-0.2, -0.15) is 0 Å². The van der Waals surface area contributed by atoms with Gasteiger partial charge in [0.2, 0.25) is 5.91 Å². The first-order valence-electron chi connectivity index (χ1n) is 6.15. The van der Waals surface area contributed by atoms with Gasteiger partial charge < -0.3 is 15.4 Å². The number of amides is 1. The first kappa shape index (κ1) is 14.7. The van der Waals surface area contributed by atoms with Crippen molar-refractivity contribution in [3.8, 4) is 0 Å². The van der Waals surface area contributed by atoms with Gasteiger partial charge in [-0.25, -0.2) is 0 Å². The lowest BCUT2D eigenvalue weighted by Crippen LogP contribution is -2.42. The Balaban J connectivity index is 0.00000144. The summed E-state index contributed by atoms with van der Waals surface area (Å²) in [4.78, 5) is 14.0. The maximum atomic E-state index is 11.7. The third kappa shape index (κ3) is 4.79. The van der Waals surface area contributed by atoms with Crippen LogP contribution in [-0.2, 0) is 9.53 Å². The maximum absolute atomic E-state index is 11.7. The Morgan fingerprint density at radius 1 is 1.41 bits per heavy atom. The van der Waals surface area contributed by atoms with Gasteiger partial charge in [0.15, 0.2) is 0 Å². The van der Waals surface area contributed by atoms with Crippen molar-refractivity contribution in [2.45, 2.75) is 6.42 Å². The minimum atomic E-state index is 0. The number of carbonyl (C=O) groups is 1. The molecule has 5 nitrogen and oxygen atoms in total. The summed E-state index contributed by atoms with van der Waals surface area (Å²) in [6.07, 6.45) is 0.976. The Labute approximate surface area is 109 Å². The molecule has 0 aromatic carbocycles. The highest BCUT2D eigenvalue weighted by atomic mass is 35.5. The minimum Gasteiger partial charge on any atom is -0.379 e. The summed E-state index contributed by atoms with van der Waals surface area (Å²) in [5.41, 5.74) is 0. The zero-order valence-electron chi connectivity index (χ0n) is 10.1. The average Bonchev–Trinajstić information content (AvgIpc) is 2.84. The first-order valence-corrected chi connectivity index (χ1v) is 6.15. The molecule has 2 saturated heterocycles. The summed E-state index contributed by atoms with van der Waals surface area (Å²) in [5, 5.41) is 6.22. The van der Waals surface area contributed by atoms with Crippen LogP contribution >= 0.6 is 12.4 Å². The number of nitrogens with zero attached hydrogens (tertiary/aromatic N) is 1. The Hall–Kier alpha value is -0.360. The Morgan fingerprint density at radius 3 is 2.82 bits per heavy atom. The molecule has 2 aliphatic heterocycles. The third-order valence-corrected chi connectivity index (χ3v) is 3.26. The monoisotopic (exact) mass is 263 g/mol. The number of carbonyl (C=O) groups excluding carboxylic acids is 1. The fraction of sp³-hybridized carbons (Fsp3) is 0.909. The van der Waals surface area contributed by atoms with Crippen LogP contribution in [0.1, 0.15) is 6.42 Å². The standard InChI is InChI=1S/C11H21N3O2.ClH/c15-11(10-1-2-12-9-10)13-3-4-14-5-7-16-8-6-14;/h10,12H,1-9H2,(H,13,15);1H/t10-;/m1./s1. The van der Waals surface area contributed by atoms with E-state index >= 15 is 0 Å². The van der Waals surface area contributed by atoms with Crippen molar-refractivity contribution in [2.75, 3.05) is 52.5 Å². The van der Waals surface area contributed by atoms with Gasteiger partial charge in [-0.05, 0) is 13.0 Å². The summed E-state index contributed by atoms with van der Waals surface area (Å²) in [7, 11) is 0. The van der Waals surface area contributed by atoms with E-state index in [0.717, 1.165) is 58.9 Å². The van der Waals surface area contributed by atoms with E-state index in [4.69, 9.17) is 4.74 Å². The van der Waals surface area contributed by atoms with E-state index in [1.54, 1.807) is 0 Å². The predicted molar refractivity (Wildman–Crippen MR) is 68.5 cm³/mol. The molecule has 0 unspecified atom stereocenters. The van der Waals surface area contributed by atoms with Gasteiger partial charge in [-0.15, -0.1) is 12.4 Å². The molecule has 0 radical (unpaired) electrons. The van der Waals surface area contributed by atoms with Crippen LogP contribution in [0.25, 0.3) is 0 Å². The normalized spacial score (nSPS) is 25.3. The second kappa shape index (κ2) is 7.87. The molecule has 2 heterocycles. The van der Waals surface area contributed by atoms with Crippen LogP contribution < -0.4 is 10.6 Å². The molecule has 2 aliphatic rings. The van der Waals surface area contributed by atoms with E-state index in [9.17, 15) is 4.79 Å². The fourth-order valence-electron chi connectivity index (χ4n) is 2.18. The van der Waals surface area contributed by atoms with Crippen LogP contribution in [0.4, 0.5) is 0 Å². The van der Waals surface area contributed by atoms with Gasteiger partial charge in [0, 0.05) is 32.7 Å². The zero-order chi connectivity index (χ0) is 11.2. The van der Waals surface area contributed by atoms with Crippen molar-refractivity contribution in [1.82, 2.24) is 15.5 Å². The number of nitrogens with one attached hydrogen (secondary N) is 2. The Bertz CT molecular complexity index is 229. The Kier molecular flexibility index (Phi) is 6.80. The van der Waals surface area contributed by atoms with E-state index in [1.165, 1.54) is 0 Å². The molecule has 100 valence electrons. The SMILES string of the molecule is Cl.O=C(NCCN1CCOCC1)[C@@H]1CCNC1. The molecule has 2 N–H and O–H groups in total. The maximum Gasteiger partial charge on any atom is 0.224 e. The van der Waals surface area contributed by atoms with Crippen LogP contribution in [0, 0.1) is 5.92 Å². The van der Waals surface area contributed by atoms with Crippen molar-refractivity contribution in [1.29, 1.82) is 0 Å². The Morgan fingerprint density at radius 2 is 2.18 bits per heavy atom. The highest BCUT2D eigenvalue weighted by Crippen LogP contribution is 2.06. The molecule has 0 aliphatic carbocycles. The van der Waals surface area contributed by atoms with Gasteiger partial charge in [0.05, 0.1) is 19.1 Å². The van der Waals surface area contributed by atoms with Gasteiger partial charge >= 0.3 is 0 Å². The predicted octanol–water partition coefficient (Wildman–Crippen LogP) is -0.534. The molecule has 0 saturated carbocycles. The van der Waals surface area contributed by atoms with Crippen molar-refractivity contribution in [3.63, 3.8) is 0 Å². The topological polar surface area (TPSA) is 53.6 Å². The molecule has 0 bridgehead atoms. The van der Waals surface area contributed by atoms with Crippen LogP contribution in [0.3, 0.4) is 0 Å². The quantitative estimate of drug-likeness (QED) is 0.716.